The topological polar surface area (TPSA) is 808 Å². The van der Waals surface area contributed by atoms with E-state index in [0.29, 0.717) is 32.1 Å². The zero-order valence-electron chi connectivity index (χ0n) is 74.4. The third kappa shape index (κ3) is 37.6. The van der Waals surface area contributed by atoms with Crippen molar-refractivity contribution >= 4 is 124 Å². The highest BCUT2D eigenvalue weighted by Crippen LogP contribution is 2.24. The molecule has 0 bridgehead atoms. The Hall–Kier alpha value is -11.4. The van der Waals surface area contributed by atoms with Gasteiger partial charge in [-0.25, -0.2) is 4.79 Å². The van der Waals surface area contributed by atoms with Gasteiger partial charge >= 0.3 is 23.9 Å². The van der Waals surface area contributed by atoms with Gasteiger partial charge in [-0.1, -0.05) is 13.8 Å². The minimum Gasteiger partial charge on any atom is -0.481 e. The molecule has 0 spiro atoms. The fraction of sp³-hybridized carbons (Fsp3) is 0.738. The number of aliphatic hydroxyl groups excluding tert-OH is 3. The molecule has 734 valence electrons. The first-order chi connectivity index (χ1) is 61.4. The minimum absolute atomic E-state index is 0.0187. The molecule has 0 aromatic carbocycles. The number of aliphatic hydroxyl groups is 3. The van der Waals surface area contributed by atoms with E-state index in [0.717, 1.165) is 21.6 Å². The second-order valence-electron chi connectivity index (χ2n) is 32.7. The van der Waals surface area contributed by atoms with Crippen LogP contribution in [0.5, 0.6) is 0 Å². The number of nitrogens with one attached hydrogen (secondary N) is 14. The van der Waals surface area contributed by atoms with E-state index in [1.165, 1.54) is 20.8 Å². The van der Waals surface area contributed by atoms with Gasteiger partial charge in [0.25, 0.3) is 0 Å². The first-order valence-electron chi connectivity index (χ1n) is 43.9. The van der Waals surface area contributed by atoms with E-state index in [1.54, 1.807) is 13.8 Å². The largest absolute Gasteiger partial charge is 0.481 e. The molecule has 0 aromatic heterocycles. The summed E-state index contributed by atoms with van der Waals surface area (Å²) >= 11 is 0. The molecule has 0 radical (unpaired) electrons. The van der Waals surface area contributed by atoms with Gasteiger partial charge in [0.05, 0.1) is 25.9 Å². The summed E-state index contributed by atoms with van der Waals surface area (Å²) in [5, 5.41) is 104. The third-order valence-corrected chi connectivity index (χ3v) is 22.0. The van der Waals surface area contributed by atoms with Gasteiger partial charge in [0, 0.05) is 38.9 Å². The molecule has 0 saturated carbocycles. The van der Waals surface area contributed by atoms with Crippen LogP contribution in [0.25, 0.3) is 0 Å². The fourth-order valence-electron chi connectivity index (χ4n) is 14.4. The monoisotopic (exact) mass is 1850 g/mol. The van der Waals surface area contributed by atoms with Crippen LogP contribution >= 0.6 is 0 Å². The van der Waals surface area contributed by atoms with Crippen molar-refractivity contribution in [3.63, 3.8) is 0 Å². The molecular formula is C80H136N22O28. The first-order valence-corrected chi connectivity index (χ1v) is 43.9. The molecule has 17 amide bonds. The number of carboxylic acid groups (broad SMARTS) is 4. The summed E-state index contributed by atoms with van der Waals surface area (Å²) in [6, 6.07) is -27.1. The van der Waals surface area contributed by atoms with Gasteiger partial charge in [-0.3, -0.25) is 95.9 Å². The van der Waals surface area contributed by atoms with Crippen LogP contribution in [0.15, 0.2) is 0 Å². The molecule has 31 N–H and O–H groups in total. The lowest BCUT2D eigenvalue weighted by atomic mass is 10.0. The highest BCUT2D eigenvalue weighted by molar-refractivity contribution is 6.02. The number of aliphatic carboxylic acids is 4. The maximum atomic E-state index is 14.4. The Morgan fingerprint density at radius 2 is 0.531 bits per heavy atom. The molecule has 0 aliphatic carbocycles. The van der Waals surface area contributed by atoms with Crippen molar-refractivity contribution in [1.82, 2.24) is 89.1 Å². The number of likely N-dealkylation sites (tertiary alicyclic amines) is 3. The number of rotatable bonds is 61. The molecule has 3 aliphatic heterocycles. The number of unbranched alkanes of at least 4 members (excludes halogenated alkanes) is 4. The van der Waals surface area contributed by atoms with Crippen LogP contribution in [0.2, 0.25) is 0 Å². The van der Waals surface area contributed by atoms with Crippen LogP contribution in [0.1, 0.15) is 196 Å². The second kappa shape index (κ2) is 58.3. The van der Waals surface area contributed by atoms with E-state index in [2.05, 4.69) is 74.4 Å². The van der Waals surface area contributed by atoms with Gasteiger partial charge in [0.1, 0.15) is 103 Å². The fourth-order valence-corrected chi connectivity index (χ4v) is 14.4. The highest BCUT2D eigenvalue weighted by atomic mass is 16.4. The van der Waals surface area contributed by atoms with Gasteiger partial charge in [-0.2, -0.15) is 0 Å². The zero-order valence-corrected chi connectivity index (χ0v) is 74.4. The minimum atomic E-state index is -1.86. The molecule has 0 aromatic rings. The smallest absolute Gasteiger partial charge is 0.326 e. The molecule has 50 nitrogen and oxygen atoms in total. The van der Waals surface area contributed by atoms with Crippen molar-refractivity contribution in [2.75, 3.05) is 65.6 Å². The predicted octanol–water partition coefficient (Wildman–Crippen LogP) is -10.0. The summed E-state index contributed by atoms with van der Waals surface area (Å²) in [6.07, 6.45) is -1.22. The standard InChI is InChI=1S/C80H136N22O28/c1-41(2)62(99-75(124)57-23-16-36-101(57)78(127)54(39-104)96-70(119)46(18-7-11-31-81)89-63(112)42(3)85)76(125)95-49(21-10-14-34-84)69(118)94-52(27-30-61(110)111)73(122)93-51(26-29-60(108)109)68(117)87-44(5)65(114)90-47(19-8-12-32-82)71(120)97-53(38-103)77(126)100-35-15-22-56(100)74(123)88-45(6)66(115)92-50(25-28-59(106)107)67(116)86-43(4)64(113)91-48(20-9-13-33-83)72(121)98-55(40-105)79(128)102-37-17-24-58(102)80(129)130/h41-58,62,103-105H,7-40,81-85H2,1-6H3,(H,86,116)(H,87,117)(H,88,123)(H,89,112)(H,90,114)(H,91,113)(H,92,115)(H,93,122)(H,94,118)(H,95,125)(H,96,119)(H,97,120)(H,98,121)(H,99,124)(H,106,107)(H,108,109)(H,110,111)(H,129,130)/t42-,43-,44-,45-,46-,47-,48-,49-,50-,51-,52-,53-,54-,55-,56-,57-,58-,62-/m0/s1. The first kappa shape index (κ1) is 113. The molecule has 130 heavy (non-hydrogen) atoms. The summed E-state index contributed by atoms with van der Waals surface area (Å²) in [7, 11) is 0. The molecule has 3 saturated heterocycles. The van der Waals surface area contributed by atoms with Crippen LogP contribution in [-0.4, -0.2) is 349 Å². The van der Waals surface area contributed by atoms with Gasteiger partial charge in [-0.05, 0) is 195 Å². The maximum absolute atomic E-state index is 14.4. The van der Waals surface area contributed by atoms with Crippen molar-refractivity contribution < 1.29 is 136 Å². The van der Waals surface area contributed by atoms with Crippen LogP contribution in [0.3, 0.4) is 0 Å². The van der Waals surface area contributed by atoms with E-state index in [9.17, 15) is 136 Å². The maximum Gasteiger partial charge on any atom is 0.326 e. The molecule has 3 heterocycles. The van der Waals surface area contributed by atoms with E-state index in [4.69, 9.17) is 28.7 Å². The normalized spacial score (nSPS) is 18.2. The lowest BCUT2D eigenvalue weighted by Crippen LogP contribution is -2.61. The van der Waals surface area contributed by atoms with Crippen molar-refractivity contribution in [3.05, 3.63) is 0 Å². The summed E-state index contributed by atoms with van der Waals surface area (Å²) in [6.45, 7) is 5.60. The van der Waals surface area contributed by atoms with Gasteiger partial charge in [0.15, 0.2) is 0 Å². The van der Waals surface area contributed by atoms with Crippen LogP contribution in [-0.2, 0) is 101 Å². The molecule has 3 fully saturated rings. The van der Waals surface area contributed by atoms with E-state index < -0.39 is 297 Å². The number of carbonyl (C=O) groups is 21. The van der Waals surface area contributed by atoms with E-state index in [1.807, 2.05) is 0 Å². The number of carboxylic acids is 4. The quantitative estimate of drug-likeness (QED) is 0.0251. The summed E-state index contributed by atoms with van der Waals surface area (Å²) < 4.78 is 0. The van der Waals surface area contributed by atoms with Crippen molar-refractivity contribution in [3.8, 4) is 0 Å². The lowest BCUT2D eigenvalue weighted by Gasteiger charge is -2.31. The Bertz CT molecular complexity index is 3880. The van der Waals surface area contributed by atoms with Gasteiger partial charge in [0.2, 0.25) is 100 Å². The number of hydrogen-bond acceptors (Lipinski definition) is 29. The van der Waals surface area contributed by atoms with Crippen molar-refractivity contribution in [1.29, 1.82) is 0 Å². The van der Waals surface area contributed by atoms with Crippen LogP contribution in [0.4, 0.5) is 0 Å². The predicted molar refractivity (Wildman–Crippen MR) is 458 cm³/mol. The van der Waals surface area contributed by atoms with Crippen LogP contribution < -0.4 is 103 Å². The van der Waals surface area contributed by atoms with E-state index >= 15 is 0 Å². The zero-order chi connectivity index (χ0) is 97.8. The molecule has 0 unspecified atom stereocenters. The third-order valence-electron chi connectivity index (χ3n) is 22.0. The van der Waals surface area contributed by atoms with Gasteiger partial charge in [-0.15, -0.1) is 0 Å². The Morgan fingerprint density at radius 3 is 0.800 bits per heavy atom. The molecular weight excluding hydrogens is 1720 g/mol. The number of nitrogens with zero attached hydrogens (tertiary/aromatic N) is 3. The average molecular weight is 1850 g/mol. The Labute approximate surface area is 751 Å². The Balaban J connectivity index is 1.78. The molecule has 3 rings (SSSR count). The summed E-state index contributed by atoms with van der Waals surface area (Å²) in [5.74, 6) is -23.2. The van der Waals surface area contributed by atoms with E-state index in [-0.39, 0.29) is 129 Å². The Morgan fingerprint density at radius 1 is 0.292 bits per heavy atom. The van der Waals surface area contributed by atoms with Crippen LogP contribution in [0, 0.1) is 5.92 Å². The van der Waals surface area contributed by atoms with Gasteiger partial charge < -0.3 is 154 Å². The SMILES string of the molecule is CC(C)[C@H](NC(=O)[C@@H]1CCCN1C(=O)[C@H](CO)NC(=O)[C@H](CCCCN)NC(=O)[C@H](C)N)C(=O)N[C@@H](CCCCN)C(=O)N[C@@H](CCC(=O)O)C(=O)N[C@@H](CCC(=O)O)C(=O)N[C@@H](C)C(=O)N[C@@H](CCCCN)C(=O)N[C@@H](CO)C(=O)N1CCC[C@H]1C(=O)N[C@@H](C)C(=O)N[C@@H](CCC(=O)O)C(=O)N[C@@H](C)C(=O)N[C@@H](CCCCN)C(=O)N[C@@H](CO)C(=O)N1CCC[C@H]1C(=O)O. The number of carbonyl (C=O) groups excluding carboxylic acids is 17. The molecule has 18 atom stereocenters. The highest BCUT2D eigenvalue weighted by Gasteiger charge is 2.45. The lowest BCUT2D eigenvalue weighted by molar-refractivity contribution is -0.150. The van der Waals surface area contributed by atoms with Crippen molar-refractivity contribution in [2.45, 2.75) is 304 Å². The number of amides is 17. The Kier molecular flexibility index (Phi) is 50.5. The second-order valence-corrected chi connectivity index (χ2v) is 32.7. The average Bonchev–Trinajstić information content (AvgIpc) is 1.67. The molecule has 50 heteroatoms. The summed E-state index contributed by atoms with van der Waals surface area (Å²) in [4.78, 5) is 287. The number of hydrogen-bond donors (Lipinski definition) is 26. The summed E-state index contributed by atoms with van der Waals surface area (Å²) in [5.41, 5.74) is 28.5. The number of nitrogens with two attached hydrogens (primary N) is 5. The van der Waals surface area contributed by atoms with Crippen molar-refractivity contribution in [2.24, 2.45) is 34.6 Å². The molecule has 3 aliphatic rings.